The van der Waals surface area contributed by atoms with E-state index in [9.17, 15) is 0 Å². The van der Waals surface area contributed by atoms with E-state index in [-0.39, 0.29) is 6.10 Å². The van der Waals surface area contributed by atoms with Crippen LogP contribution in [-0.4, -0.2) is 63.6 Å². The average molecular weight is 334 g/mol. The van der Waals surface area contributed by atoms with E-state index in [4.69, 9.17) is 14.2 Å². The third-order valence-electron chi connectivity index (χ3n) is 4.04. The molecule has 2 aliphatic heterocycles. The second-order valence-electron chi connectivity index (χ2n) is 6.02. The molecular formula is C17H26N4O3. The summed E-state index contributed by atoms with van der Waals surface area (Å²) >= 11 is 0. The van der Waals surface area contributed by atoms with E-state index >= 15 is 0 Å². The molecule has 7 nitrogen and oxygen atoms in total. The Morgan fingerprint density at radius 3 is 3.00 bits per heavy atom. The smallest absolute Gasteiger partial charge is 0.231 e. The zero-order chi connectivity index (χ0) is 16.8. The topological polar surface area (TPSA) is 67.4 Å². The zero-order valence-corrected chi connectivity index (χ0v) is 14.4. The van der Waals surface area contributed by atoms with E-state index in [1.807, 2.05) is 18.2 Å². The second kappa shape index (κ2) is 8.21. The molecule has 0 bridgehead atoms. The molecule has 132 valence electrons. The summed E-state index contributed by atoms with van der Waals surface area (Å²) in [7, 11) is 2.12. The first-order chi connectivity index (χ1) is 11.7. The van der Waals surface area contributed by atoms with Crippen molar-refractivity contribution in [1.82, 2.24) is 15.5 Å². The van der Waals surface area contributed by atoms with Gasteiger partial charge in [-0.25, -0.2) is 4.99 Å². The van der Waals surface area contributed by atoms with Gasteiger partial charge in [0.25, 0.3) is 0 Å². The van der Waals surface area contributed by atoms with Crippen LogP contribution in [0.25, 0.3) is 0 Å². The highest BCUT2D eigenvalue weighted by molar-refractivity contribution is 5.79. The second-order valence-corrected chi connectivity index (χ2v) is 6.02. The molecule has 1 saturated heterocycles. The molecule has 3 rings (SSSR count). The lowest BCUT2D eigenvalue weighted by Crippen LogP contribution is -2.48. The lowest BCUT2D eigenvalue weighted by atomic mass is 10.2. The number of benzene rings is 1. The Morgan fingerprint density at radius 1 is 1.29 bits per heavy atom. The minimum absolute atomic E-state index is 0.193. The van der Waals surface area contributed by atoms with Crippen LogP contribution in [-0.2, 0) is 11.3 Å². The highest BCUT2D eigenvalue weighted by Gasteiger charge is 2.18. The van der Waals surface area contributed by atoms with Crippen LogP contribution in [0.2, 0.25) is 0 Å². The van der Waals surface area contributed by atoms with Gasteiger partial charge in [-0.3, -0.25) is 0 Å². The lowest BCUT2D eigenvalue weighted by molar-refractivity contribution is -0.0161. The van der Waals surface area contributed by atoms with E-state index in [1.54, 1.807) is 0 Å². The summed E-state index contributed by atoms with van der Waals surface area (Å²) in [6, 6.07) is 5.92. The number of rotatable bonds is 5. The van der Waals surface area contributed by atoms with Crippen LogP contribution in [0.3, 0.4) is 0 Å². The molecule has 0 amide bonds. The predicted molar refractivity (Wildman–Crippen MR) is 92.6 cm³/mol. The molecule has 7 heteroatoms. The van der Waals surface area contributed by atoms with Crippen molar-refractivity contribution in [2.75, 3.05) is 46.6 Å². The normalized spacial score (nSPS) is 20.9. The Hall–Kier alpha value is -1.99. The molecule has 0 saturated carbocycles. The number of ether oxygens (including phenoxy) is 3. The van der Waals surface area contributed by atoms with Crippen molar-refractivity contribution in [3.8, 4) is 11.5 Å². The summed E-state index contributed by atoms with van der Waals surface area (Å²) in [4.78, 5) is 6.93. The molecule has 2 N–H and O–H groups in total. The minimum Gasteiger partial charge on any atom is -0.454 e. The Labute approximate surface area is 143 Å². The molecule has 0 aromatic heterocycles. The monoisotopic (exact) mass is 334 g/mol. The number of nitrogens with one attached hydrogen (secondary N) is 2. The molecular weight excluding hydrogens is 308 g/mol. The Balaban J connectivity index is 1.55. The molecule has 1 aromatic carbocycles. The first kappa shape index (κ1) is 16.9. The van der Waals surface area contributed by atoms with Gasteiger partial charge in [-0.1, -0.05) is 6.07 Å². The van der Waals surface area contributed by atoms with Gasteiger partial charge < -0.3 is 29.7 Å². The third kappa shape index (κ3) is 4.52. The van der Waals surface area contributed by atoms with Crippen molar-refractivity contribution < 1.29 is 14.2 Å². The van der Waals surface area contributed by atoms with Crippen LogP contribution in [0.4, 0.5) is 0 Å². The first-order valence-electron chi connectivity index (χ1n) is 8.45. The third-order valence-corrected chi connectivity index (χ3v) is 4.04. The number of likely N-dealkylation sites (N-methyl/N-ethyl adjacent to an activating group) is 1. The molecule has 0 spiro atoms. The highest BCUT2D eigenvalue weighted by Crippen LogP contribution is 2.32. The number of hydrogen-bond acceptors (Lipinski definition) is 5. The molecule has 24 heavy (non-hydrogen) atoms. The van der Waals surface area contributed by atoms with Crippen molar-refractivity contribution in [3.63, 3.8) is 0 Å². The zero-order valence-electron chi connectivity index (χ0n) is 14.4. The van der Waals surface area contributed by atoms with Crippen molar-refractivity contribution in [1.29, 1.82) is 0 Å². The average Bonchev–Trinajstić information content (AvgIpc) is 3.05. The maximum Gasteiger partial charge on any atom is 0.231 e. The molecule has 1 unspecified atom stereocenters. The fourth-order valence-corrected chi connectivity index (χ4v) is 2.75. The van der Waals surface area contributed by atoms with Crippen LogP contribution < -0.4 is 20.1 Å². The SMILES string of the molecule is CCNC(=NCc1ccc2c(c1)OCO2)NCC1CN(C)CCO1. The molecule has 2 aliphatic rings. The number of nitrogens with zero attached hydrogens (tertiary/aromatic N) is 2. The minimum atomic E-state index is 0.193. The van der Waals surface area contributed by atoms with Crippen molar-refractivity contribution in [3.05, 3.63) is 23.8 Å². The van der Waals surface area contributed by atoms with Crippen LogP contribution in [0, 0.1) is 0 Å². The summed E-state index contributed by atoms with van der Waals surface area (Å²) in [6.07, 6.45) is 0.193. The highest BCUT2D eigenvalue weighted by atomic mass is 16.7. The number of guanidine groups is 1. The summed E-state index contributed by atoms with van der Waals surface area (Å²) in [5.41, 5.74) is 1.09. The molecule has 2 heterocycles. The van der Waals surface area contributed by atoms with Gasteiger partial charge in [-0.2, -0.15) is 0 Å². The van der Waals surface area contributed by atoms with E-state index in [1.165, 1.54) is 0 Å². The molecule has 1 atom stereocenters. The number of fused-ring (bicyclic) bond motifs is 1. The van der Waals surface area contributed by atoms with E-state index in [0.717, 1.165) is 55.8 Å². The van der Waals surface area contributed by atoms with Gasteiger partial charge in [0.15, 0.2) is 17.5 Å². The van der Waals surface area contributed by atoms with Crippen LogP contribution in [0.15, 0.2) is 23.2 Å². The van der Waals surface area contributed by atoms with Crippen molar-refractivity contribution in [2.24, 2.45) is 4.99 Å². The van der Waals surface area contributed by atoms with Gasteiger partial charge in [0.05, 0.1) is 19.3 Å². The molecule has 0 radical (unpaired) electrons. The van der Waals surface area contributed by atoms with E-state index < -0.39 is 0 Å². The first-order valence-corrected chi connectivity index (χ1v) is 8.45. The van der Waals surface area contributed by atoms with Crippen molar-refractivity contribution in [2.45, 2.75) is 19.6 Å². The van der Waals surface area contributed by atoms with E-state index in [2.05, 4.69) is 34.5 Å². The molecule has 0 aliphatic carbocycles. The van der Waals surface area contributed by atoms with Crippen LogP contribution in [0.1, 0.15) is 12.5 Å². The number of morpholine rings is 1. The largest absolute Gasteiger partial charge is 0.454 e. The van der Waals surface area contributed by atoms with Gasteiger partial charge in [0.2, 0.25) is 6.79 Å². The maximum absolute atomic E-state index is 5.77. The Morgan fingerprint density at radius 2 is 2.17 bits per heavy atom. The number of hydrogen-bond donors (Lipinski definition) is 2. The molecule has 1 fully saturated rings. The van der Waals surface area contributed by atoms with Crippen LogP contribution in [0.5, 0.6) is 11.5 Å². The Bertz CT molecular complexity index is 579. The number of aliphatic imine (C=N–C) groups is 1. The lowest BCUT2D eigenvalue weighted by Gasteiger charge is -2.30. The fraction of sp³-hybridized carbons (Fsp3) is 0.588. The summed E-state index contributed by atoms with van der Waals surface area (Å²) in [5.74, 6) is 2.39. The Kier molecular flexibility index (Phi) is 5.77. The van der Waals surface area contributed by atoms with Gasteiger partial charge in [-0.05, 0) is 31.7 Å². The van der Waals surface area contributed by atoms with Gasteiger partial charge in [0.1, 0.15) is 0 Å². The van der Waals surface area contributed by atoms with Crippen molar-refractivity contribution >= 4 is 5.96 Å². The quantitative estimate of drug-likeness (QED) is 0.613. The van der Waals surface area contributed by atoms with Crippen LogP contribution >= 0.6 is 0 Å². The molecule has 1 aromatic rings. The van der Waals surface area contributed by atoms with Gasteiger partial charge in [0, 0.05) is 26.2 Å². The van der Waals surface area contributed by atoms with Gasteiger partial charge >= 0.3 is 0 Å². The predicted octanol–water partition coefficient (Wildman–Crippen LogP) is 0.801. The standard InChI is InChI=1S/C17H26N4O3/c1-3-18-17(20-10-14-11-21(2)6-7-22-14)19-9-13-4-5-15-16(8-13)24-12-23-15/h4-5,8,14H,3,6-7,9-12H2,1-2H3,(H2,18,19,20). The summed E-state index contributed by atoms with van der Waals surface area (Å²) in [5, 5.41) is 6.63. The summed E-state index contributed by atoms with van der Waals surface area (Å²) < 4.78 is 16.5. The summed E-state index contributed by atoms with van der Waals surface area (Å²) in [6.45, 7) is 7.22. The maximum atomic E-state index is 5.77. The van der Waals surface area contributed by atoms with E-state index in [0.29, 0.717) is 13.3 Å². The fourth-order valence-electron chi connectivity index (χ4n) is 2.75. The van der Waals surface area contributed by atoms with Gasteiger partial charge in [-0.15, -0.1) is 0 Å².